The number of aliphatic imine (C=N–C) groups is 1. The zero-order valence-electron chi connectivity index (χ0n) is 9.84. The van der Waals surface area contributed by atoms with Crippen molar-refractivity contribution in [3.63, 3.8) is 0 Å². The van der Waals surface area contributed by atoms with Gasteiger partial charge >= 0.3 is 0 Å². The lowest BCUT2D eigenvalue weighted by molar-refractivity contribution is 0.897. The van der Waals surface area contributed by atoms with Crippen LogP contribution in [0.1, 0.15) is 42.0 Å². The zero-order chi connectivity index (χ0) is 11.1. The Morgan fingerprint density at radius 1 is 1.06 bits per heavy atom. The van der Waals surface area contributed by atoms with Crippen LogP contribution in [0.25, 0.3) is 0 Å². The molecule has 0 aromatic heterocycles. The van der Waals surface area contributed by atoms with Crippen molar-refractivity contribution in [2.75, 3.05) is 0 Å². The lowest BCUT2D eigenvalue weighted by Crippen LogP contribution is -2.05. The minimum Gasteiger partial charge on any atom is -0.387 e. The number of amidine groups is 1. The predicted molar refractivity (Wildman–Crippen MR) is 67.4 cm³/mol. The summed E-state index contributed by atoms with van der Waals surface area (Å²) in [5.74, 6) is 0.689. The molecule has 0 unspecified atom stereocenters. The van der Waals surface area contributed by atoms with Crippen molar-refractivity contribution in [1.29, 1.82) is 0 Å². The molecular formula is C14H18N2. The van der Waals surface area contributed by atoms with Gasteiger partial charge in [-0.2, -0.15) is 0 Å². The Hall–Kier alpha value is -1.31. The molecule has 0 amide bonds. The van der Waals surface area contributed by atoms with Gasteiger partial charge in [0.05, 0.1) is 11.5 Å². The van der Waals surface area contributed by atoms with Gasteiger partial charge in [0.1, 0.15) is 0 Å². The highest BCUT2D eigenvalue weighted by molar-refractivity contribution is 5.82. The molecular weight excluding hydrogens is 196 g/mol. The molecule has 2 nitrogen and oxygen atoms in total. The van der Waals surface area contributed by atoms with Gasteiger partial charge in [-0.3, -0.25) is 0 Å². The molecule has 2 aliphatic carbocycles. The molecule has 1 aromatic rings. The molecule has 1 aromatic carbocycles. The van der Waals surface area contributed by atoms with E-state index in [1.165, 1.54) is 66.5 Å². The third-order valence-corrected chi connectivity index (χ3v) is 3.73. The topological polar surface area (TPSA) is 38.4 Å². The predicted octanol–water partition coefficient (Wildman–Crippen LogP) is 2.67. The summed E-state index contributed by atoms with van der Waals surface area (Å²) in [6.45, 7) is 1.88. The number of rotatable bonds is 1. The first kappa shape index (κ1) is 9.88. The van der Waals surface area contributed by atoms with Crippen molar-refractivity contribution in [3.8, 4) is 0 Å². The second-order valence-electron chi connectivity index (χ2n) is 4.96. The van der Waals surface area contributed by atoms with Gasteiger partial charge < -0.3 is 5.73 Å². The third kappa shape index (κ3) is 1.44. The van der Waals surface area contributed by atoms with Gasteiger partial charge in [-0.15, -0.1) is 0 Å². The minimum absolute atomic E-state index is 0.689. The van der Waals surface area contributed by atoms with Crippen LogP contribution in [0.2, 0.25) is 0 Å². The van der Waals surface area contributed by atoms with E-state index in [1.807, 2.05) is 6.92 Å². The van der Waals surface area contributed by atoms with Gasteiger partial charge in [-0.1, -0.05) is 6.07 Å². The first-order valence-electron chi connectivity index (χ1n) is 6.23. The van der Waals surface area contributed by atoms with Crippen LogP contribution in [0.3, 0.4) is 0 Å². The summed E-state index contributed by atoms with van der Waals surface area (Å²) < 4.78 is 0. The van der Waals surface area contributed by atoms with E-state index in [0.717, 1.165) is 0 Å². The van der Waals surface area contributed by atoms with E-state index in [4.69, 9.17) is 5.73 Å². The Kier molecular flexibility index (Phi) is 2.23. The van der Waals surface area contributed by atoms with Crippen LogP contribution in [0.15, 0.2) is 11.1 Å². The Balaban J connectivity index is 2.23. The molecule has 84 valence electrons. The van der Waals surface area contributed by atoms with Gasteiger partial charge in [0, 0.05) is 0 Å². The van der Waals surface area contributed by atoms with Gasteiger partial charge in [0.15, 0.2) is 0 Å². The van der Waals surface area contributed by atoms with E-state index < -0.39 is 0 Å². The third-order valence-electron chi connectivity index (χ3n) is 3.73. The number of hydrogen-bond acceptors (Lipinski definition) is 1. The van der Waals surface area contributed by atoms with E-state index >= 15 is 0 Å². The van der Waals surface area contributed by atoms with Crippen molar-refractivity contribution >= 4 is 11.5 Å². The molecule has 0 radical (unpaired) electrons. The standard InChI is InChI=1S/C14H18N2/c1-9(15)16-14-12-6-2-4-10(12)8-11-5-3-7-13(11)14/h8H,2-7H2,1H3,(H2,15,16). The van der Waals surface area contributed by atoms with Crippen molar-refractivity contribution < 1.29 is 0 Å². The molecule has 2 aliphatic rings. The Bertz CT molecular complexity index is 436. The molecule has 3 rings (SSSR count). The molecule has 0 fully saturated rings. The van der Waals surface area contributed by atoms with Crippen LogP contribution in [0.5, 0.6) is 0 Å². The molecule has 0 spiro atoms. The quantitative estimate of drug-likeness (QED) is 0.566. The Labute approximate surface area is 96.6 Å². The summed E-state index contributed by atoms with van der Waals surface area (Å²) in [4.78, 5) is 4.60. The molecule has 0 atom stereocenters. The second kappa shape index (κ2) is 3.62. The van der Waals surface area contributed by atoms with Crippen LogP contribution in [0, 0.1) is 0 Å². The van der Waals surface area contributed by atoms with Crippen molar-refractivity contribution in [3.05, 3.63) is 28.3 Å². The smallest absolute Gasteiger partial charge is 0.0965 e. The maximum atomic E-state index is 5.76. The average molecular weight is 214 g/mol. The number of nitrogens with zero attached hydrogens (tertiary/aromatic N) is 1. The molecule has 0 heterocycles. The number of benzene rings is 1. The first-order valence-corrected chi connectivity index (χ1v) is 6.23. The normalized spacial score (nSPS) is 18.7. The largest absolute Gasteiger partial charge is 0.387 e. The monoisotopic (exact) mass is 214 g/mol. The van der Waals surface area contributed by atoms with E-state index in [9.17, 15) is 0 Å². The van der Waals surface area contributed by atoms with Crippen molar-refractivity contribution in [1.82, 2.24) is 0 Å². The molecule has 0 saturated carbocycles. The van der Waals surface area contributed by atoms with Gasteiger partial charge in [-0.25, -0.2) is 4.99 Å². The van der Waals surface area contributed by atoms with Crippen LogP contribution in [-0.2, 0) is 25.7 Å². The summed E-state index contributed by atoms with van der Waals surface area (Å²) in [7, 11) is 0. The lowest BCUT2D eigenvalue weighted by Gasteiger charge is -2.11. The second-order valence-corrected chi connectivity index (χ2v) is 4.96. The molecule has 16 heavy (non-hydrogen) atoms. The van der Waals surface area contributed by atoms with Crippen LogP contribution < -0.4 is 5.73 Å². The molecule has 2 N–H and O–H groups in total. The zero-order valence-corrected chi connectivity index (χ0v) is 9.84. The van der Waals surface area contributed by atoms with Gasteiger partial charge in [0.2, 0.25) is 0 Å². The number of hydrogen-bond donors (Lipinski definition) is 1. The van der Waals surface area contributed by atoms with E-state index in [2.05, 4.69) is 11.1 Å². The van der Waals surface area contributed by atoms with Crippen LogP contribution >= 0.6 is 0 Å². The molecule has 0 aliphatic heterocycles. The van der Waals surface area contributed by atoms with E-state index in [-0.39, 0.29) is 0 Å². The minimum atomic E-state index is 0.689. The summed E-state index contributed by atoms with van der Waals surface area (Å²) in [5.41, 5.74) is 13.0. The highest BCUT2D eigenvalue weighted by atomic mass is 14.9. The number of nitrogens with two attached hydrogens (primary N) is 1. The highest BCUT2D eigenvalue weighted by Gasteiger charge is 2.23. The summed E-state index contributed by atoms with van der Waals surface area (Å²) in [6, 6.07) is 2.43. The first-order chi connectivity index (χ1) is 7.75. The van der Waals surface area contributed by atoms with Crippen LogP contribution in [-0.4, -0.2) is 5.84 Å². The molecule has 0 saturated heterocycles. The van der Waals surface area contributed by atoms with E-state index in [1.54, 1.807) is 0 Å². The maximum absolute atomic E-state index is 5.76. The number of aryl methyl sites for hydroxylation is 2. The van der Waals surface area contributed by atoms with E-state index in [0.29, 0.717) is 5.84 Å². The summed E-state index contributed by atoms with van der Waals surface area (Å²) in [6.07, 6.45) is 7.40. The summed E-state index contributed by atoms with van der Waals surface area (Å²) >= 11 is 0. The number of fused-ring (bicyclic) bond motifs is 2. The summed E-state index contributed by atoms with van der Waals surface area (Å²) in [5, 5.41) is 0. The Morgan fingerprint density at radius 3 is 2.12 bits per heavy atom. The van der Waals surface area contributed by atoms with Crippen molar-refractivity contribution in [2.45, 2.75) is 45.4 Å². The fraction of sp³-hybridized carbons (Fsp3) is 0.500. The van der Waals surface area contributed by atoms with Crippen molar-refractivity contribution in [2.24, 2.45) is 10.7 Å². The Morgan fingerprint density at radius 2 is 1.62 bits per heavy atom. The molecule has 0 bridgehead atoms. The fourth-order valence-corrected chi connectivity index (χ4v) is 3.10. The van der Waals surface area contributed by atoms with Gasteiger partial charge in [-0.05, 0) is 67.7 Å². The van der Waals surface area contributed by atoms with Gasteiger partial charge in [0.25, 0.3) is 0 Å². The molecule has 2 heteroatoms. The fourth-order valence-electron chi connectivity index (χ4n) is 3.10. The highest BCUT2D eigenvalue weighted by Crippen LogP contribution is 2.40. The maximum Gasteiger partial charge on any atom is 0.0965 e. The lowest BCUT2D eigenvalue weighted by atomic mass is 9.99. The van der Waals surface area contributed by atoms with Crippen LogP contribution in [0.4, 0.5) is 5.69 Å². The average Bonchev–Trinajstić information content (AvgIpc) is 2.83. The SMILES string of the molecule is CC(N)=Nc1c2c(cc3c1CCC3)CCC2.